The maximum atomic E-state index is 11.5. The van der Waals surface area contributed by atoms with Crippen molar-refractivity contribution in [2.75, 3.05) is 0 Å². The van der Waals surface area contributed by atoms with Crippen LogP contribution in [0.25, 0.3) is 0 Å². The van der Waals surface area contributed by atoms with Crippen LogP contribution < -0.4 is 0 Å². The molecule has 14 heavy (non-hydrogen) atoms. The molecular formula is C13H14O. The van der Waals surface area contributed by atoms with Gasteiger partial charge < -0.3 is 0 Å². The first kappa shape index (κ1) is 10.5. The van der Waals surface area contributed by atoms with Crippen LogP contribution in [-0.2, 0) is 0 Å². The molecular weight excluding hydrogens is 172 g/mol. The molecule has 0 saturated carbocycles. The van der Waals surface area contributed by atoms with Gasteiger partial charge in [-0.1, -0.05) is 49.4 Å². The van der Waals surface area contributed by atoms with Gasteiger partial charge >= 0.3 is 0 Å². The Kier molecular flexibility index (Phi) is 3.86. The van der Waals surface area contributed by atoms with Gasteiger partial charge in [0.1, 0.15) is 0 Å². The van der Waals surface area contributed by atoms with Crippen molar-refractivity contribution >= 4 is 5.78 Å². The second kappa shape index (κ2) is 5.18. The SMILES string of the molecule is C=CC(C)/C=C/C(=O)c1ccccc1. The number of hydrogen-bond acceptors (Lipinski definition) is 1. The lowest BCUT2D eigenvalue weighted by Gasteiger charge is -1.96. The van der Waals surface area contributed by atoms with Crippen molar-refractivity contribution in [3.05, 3.63) is 60.7 Å². The molecule has 1 heteroatoms. The van der Waals surface area contributed by atoms with Crippen molar-refractivity contribution in [1.82, 2.24) is 0 Å². The van der Waals surface area contributed by atoms with Gasteiger partial charge in [-0.25, -0.2) is 0 Å². The first-order chi connectivity index (χ1) is 6.74. The van der Waals surface area contributed by atoms with Gasteiger partial charge in [-0.2, -0.15) is 0 Å². The van der Waals surface area contributed by atoms with Gasteiger partial charge in [-0.3, -0.25) is 4.79 Å². The highest BCUT2D eigenvalue weighted by molar-refractivity contribution is 6.04. The van der Waals surface area contributed by atoms with Gasteiger partial charge in [0.15, 0.2) is 5.78 Å². The van der Waals surface area contributed by atoms with Crippen LogP contribution in [0.1, 0.15) is 17.3 Å². The van der Waals surface area contributed by atoms with Crippen molar-refractivity contribution in [2.24, 2.45) is 5.92 Å². The predicted octanol–water partition coefficient (Wildman–Crippen LogP) is 3.25. The quantitative estimate of drug-likeness (QED) is 0.401. The number of carbonyl (C=O) groups is 1. The number of ketones is 1. The molecule has 0 spiro atoms. The van der Waals surface area contributed by atoms with E-state index in [1.54, 1.807) is 12.2 Å². The molecule has 0 aliphatic rings. The Morgan fingerprint density at radius 2 is 2.00 bits per heavy atom. The summed E-state index contributed by atoms with van der Waals surface area (Å²) in [5.41, 5.74) is 0.722. The van der Waals surface area contributed by atoms with Crippen LogP contribution in [0.5, 0.6) is 0 Å². The van der Waals surface area contributed by atoms with Gasteiger partial charge in [-0.15, -0.1) is 6.58 Å². The minimum absolute atomic E-state index is 0.0410. The lowest BCUT2D eigenvalue weighted by atomic mass is 10.1. The number of allylic oxidation sites excluding steroid dienone is 3. The maximum absolute atomic E-state index is 11.5. The van der Waals surface area contributed by atoms with Crippen molar-refractivity contribution in [3.63, 3.8) is 0 Å². The molecule has 0 aliphatic heterocycles. The fourth-order valence-electron chi connectivity index (χ4n) is 1.02. The Balaban J connectivity index is 2.68. The second-order valence-electron chi connectivity index (χ2n) is 3.18. The molecule has 0 radical (unpaired) electrons. The monoisotopic (exact) mass is 186 g/mol. The van der Waals surface area contributed by atoms with Crippen LogP contribution >= 0.6 is 0 Å². The van der Waals surface area contributed by atoms with Crippen LogP contribution in [0.4, 0.5) is 0 Å². The van der Waals surface area contributed by atoms with E-state index in [0.29, 0.717) is 0 Å². The largest absolute Gasteiger partial charge is 0.289 e. The van der Waals surface area contributed by atoms with E-state index in [1.807, 2.05) is 43.3 Å². The molecule has 1 rings (SSSR count). The molecule has 0 aliphatic carbocycles. The summed E-state index contributed by atoms with van der Waals surface area (Å²) < 4.78 is 0. The lowest BCUT2D eigenvalue weighted by Crippen LogP contribution is -1.94. The van der Waals surface area contributed by atoms with E-state index in [9.17, 15) is 4.79 Å². The molecule has 72 valence electrons. The highest BCUT2D eigenvalue weighted by Gasteiger charge is 1.99. The fraction of sp³-hybridized carbons (Fsp3) is 0.154. The van der Waals surface area contributed by atoms with E-state index in [4.69, 9.17) is 0 Å². The normalized spacial score (nSPS) is 12.6. The van der Waals surface area contributed by atoms with E-state index in [1.165, 1.54) is 0 Å². The molecule has 1 atom stereocenters. The van der Waals surface area contributed by atoms with Gasteiger partial charge in [0.25, 0.3) is 0 Å². The smallest absolute Gasteiger partial charge is 0.185 e. The van der Waals surface area contributed by atoms with Crippen molar-refractivity contribution in [2.45, 2.75) is 6.92 Å². The average molecular weight is 186 g/mol. The first-order valence-electron chi connectivity index (χ1n) is 4.64. The minimum atomic E-state index is 0.0410. The molecule has 0 aromatic heterocycles. The van der Waals surface area contributed by atoms with E-state index in [2.05, 4.69) is 6.58 Å². The number of carbonyl (C=O) groups excluding carboxylic acids is 1. The Morgan fingerprint density at radius 1 is 1.36 bits per heavy atom. The second-order valence-corrected chi connectivity index (χ2v) is 3.18. The highest BCUT2D eigenvalue weighted by atomic mass is 16.1. The standard InChI is InChI=1S/C13H14O/c1-3-11(2)9-10-13(14)12-7-5-4-6-8-12/h3-11H,1H2,2H3/b10-9+. The molecule has 1 aromatic carbocycles. The van der Waals surface area contributed by atoms with Crippen LogP contribution in [0.3, 0.4) is 0 Å². The van der Waals surface area contributed by atoms with Crippen molar-refractivity contribution in [1.29, 1.82) is 0 Å². The number of benzene rings is 1. The van der Waals surface area contributed by atoms with E-state index in [-0.39, 0.29) is 11.7 Å². The van der Waals surface area contributed by atoms with Crippen LogP contribution in [-0.4, -0.2) is 5.78 Å². The molecule has 0 heterocycles. The third kappa shape index (κ3) is 3.02. The summed E-state index contributed by atoms with van der Waals surface area (Å²) in [5.74, 6) is 0.280. The molecule has 0 bridgehead atoms. The topological polar surface area (TPSA) is 17.1 Å². The minimum Gasteiger partial charge on any atom is -0.289 e. The summed E-state index contributed by atoms with van der Waals surface area (Å²) >= 11 is 0. The molecule has 0 N–H and O–H groups in total. The summed E-state index contributed by atoms with van der Waals surface area (Å²) in [7, 11) is 0. The Bertz CT molecular complexity index is 336. The maximum Gasteiger partial charge on any atom is 0.185 e. The summed E-state index contributed by atoms with van der Waals surface area (Å²) in [5, 5.41) is 0. The fourth-order valence-corrected chi connectivity index (χ4v) is 1.02. The molecule has 0 fully saturated rings. The molecule has 1 aromatic rings. The van der Waals surface area contributed by atoms with Crippen molar-refractivity contribution in [3.8, 4) is 0 Å². The summed E-state index contributed by atoms with van der Waals surface area (Å²) in [6.07, 6.45) is 5.25. The predicted molar refractivity (Wildman–Crippen MR) is 59.3 cm³/mol. The molecule has 0 amide bonds. The van der Waals surface area contributed by atoms with Gasteiger partial charge in [-0.05, 0) is 12.0 Å². The lowest BCUT2D eigenvalue weighted by molar-refractivity contribution is 0.104. The van der Waals surface area contributed by atoms with E-state index in [0.717, 1.165) is 5.56 Å². The van der Waals surface area contributed by atoms with Crippen molar-refractivity contribution < 1.29 is 4.79 Å². The van der Waals surface area contributed by atoms with Crippen LogP contribution in [0.2, 0.25) is 0 Å². The zero-order valence-electron chi connectivity index (χ0n) is 8.31. The summed E-state index contributed by atoms with van der Waals surface area (Å²) in [6.45, 7) is 5.64. The molecule has 1 unspecified atom stereocenters. The third-order valence-corrected chi connectivity index (χ3v) is 1.98. The Morgan fingerprint density at radius 3 is 2.57 bits per heavy atom. The van der Waals surface area contributed by atoms with Gasteiger partial charge in [0, 0.05) is 5.56 Å². The third-order valence-electron chi connectivity index (χ3n) is 1.98. The van der Waals surface area contributed by atoms with Crippen LogP contribution in [0, 0.1) is 5.92 Å². The molecule has 0 saturated heterocycles. The van der Waals surface area contributed by atoms with Crippen LogP contribution in [0.15, 0.2) is 55.1 Å². The zero-order chi connectivity index (χ0) is 10.4. The summed E-state index contributed by atoms with van der Waals surface area (Å²) in [4.78, 5) is 11.5. The zero-order valence-corrected chi connectivity index (χ0v) is 8.31. The average Bonchev–Trinajstić information content (AvgIpc) is 2.26. The first-order valence-corrected chi connectivity index (χ1v) is 4.64. The Labute approximate surface area is 84.8 Å². The number of rotatable bonds is 4. The van der Waals surface area contributed by atoms with E-state index >= 15 is 0 Å². The van der Waals surface area contributed by atoms with E-state index < -0.39 is 0 Å². The molecule has 1 nitrogen and oxygen atoms in total. The Hall–Kier alpha value is -1.63. The number of hydrogen-bond donors (Lipinski definition) is 0. The van der Waals surface area contributed by atoms with Gasteiger partial charge in [0.05, 0.1) is 0 Å². The van der Waals surface area contributed by atoms with Gasteiger partial charge in [0.2, 0.25) is 0 Å². The highest BCUT2D eigenvalue weighted by Crippen LogP contribution is 2.03. The summed E-state index contributed by atoms with van der Waals surface area (Å²) in [6, 6.07) is 9.24.